The highest BCUT2D eigenvalue weighted by atomic mass is 32.2. The lowest BCUT2D eigenvalue weighted by molar-refractivity contribution is -0.118. The molecule has 1 aliphatic heterocycles. The molecular formula is C22H28N2O4S. The van der Waals surface area contributed by atoms with E-state index in [-0.39, 0.29) is 17.4 Å². The third-order valence-corrected chi connectivity index (χ3v) is 6.97. The average molecular weight is 417 g/mol. The number of hydrogen-bond donors (Lipinski definition) is 1. The van der Waals surface area contributed by atoms with Gasteiger partial charge < -0.3 is 10.1 Å². The Morgan fingerprint density at radius 2 is 1.62 bits per heavy atom. The van der Waals surface area contributed by atoms with Gasteiger partial charge in [0, 0.05) is 18.8 Å². The van der Waals surface area contributed by atoms with E-state index in [1.807, 2.05) is 32.0 Å². The Morgan fingerprint density at radius 1 is 1.00 bits per heavy atom. The number of rotatable bonds is 6. The zero-order valence-corrected chi connectivity index (χ0v) is 17.8. The highest BCUT2D eigenvalue weighted by Crippen LogP contribution is 2.24. The number of nitrogens with zero attached hydrogens (tertiary/aromatic N) is 1. The Labute approximate surface area is 172 Å². The molecule has 1 saturated heterocycles. The second-order valence-corrected chi connectivity index (χ2v) is 9.34. The van der Waals surface area contributed by atoms with E-state index in [1.165, 1.54) is 6.07 Å². The van der Waals surface area contributed by atoms with Gasteiger partial charge in [0.2, 0.25) is 10.0 Å². The highest BCUT2D eigenvalue weighted by Gasteiger charge is 2.25. The van der Waals surface area contributed by atoms with Crippen molar-refractivity contribution >= 4 is 21.6 Å². The first-order chi connectivity index (χ1) is 13.9. The molecule has 3 rings (SSSR count). The molecule has 0 unspecified atom stereocenters. The van der Waals surface area contributed by atoms with E-state index in [0.29, 0.717) is 24.5 Å². The van der Waals surface area contributed by atoms with Crippen LogP contribution in [-0.2, 0) is 14.8 Å². The molecule has 0 atom stereocenters. The van der Waals surface area contributed by atoms with Gasteiger partial charge in [-0.3, -0.25) is 4.79 Å². The van der Waals surface area contributed by atoms with Crippen molar-refractivity contribution in [2.45, 2.75) is 44.4 Å². The number of anilines is 1. The molecule has 1 fully saturated rings. The van der Waals surface area contributed by atoms with Crippen LogP contribution >= 0.6 is 0 Å². The molecule has 0 bridgehead atoms. The monoisotopic (exact) mass is 416 g/mol. The maximum Gasteiger partial charge on any atom is 0.262 e. The summed E-state index contributed by atoms with van der Waals surface area (Å²) in [6.07, 6.45) is 3.88. The van der Waals surface area contributed by atoms with Crippen LogP contribution in [0.2, 0.25) is 0 Å². The molecule has 7 heteroatoms. The molecule has 0 aromatic heterocycles. The number of para-hydroxylation sites is 1. The van der Waals surface area contributed by atoms with E-state index in [1.54, 1.807) is 22.5 Å². The third kappa shape index (κ3) is 5.36. The van der Waals surface area contributed by atoms with Crippen LogP contribution in [0.5, 0.6) is 5.75 Å². The number of aryl methyl sites for hydroxylation is 2. The Balaban J connectivity index is 1.67. The Kier molecular flexibility index (Phi) is 6.92. The van der Waals surface area contributed by atoms with Gasteiger partial charge in [-0.15, -0.1) is 0 Å². The molecule has 2 aromatic carbocycles. The fourth-order valence-corrected chi connectivity index (χ4v) is 5.09. The number of hydrogen-bond acceptors (Lipinski definition) is 4. The van der Waals surface area contributed by atoms with E-state index in [0.717, 1.165) is 36.8 Å². The van der Waals surface area contributed by atoms with Crippen molar-refractivity contribution in [1.29, 1.82) is 0 Å². The van der Waals surface area contributed by atoms with Crippen molar-refractivity contribution in [3.8, 4) is 5.75 Å². The first-order valence-electron chi connectivity index (χ1n) is 9.97. The fourth-order valence-electron chi connectivity index (χ4n) is 3.53. The summed E-state index contributed by atoms with van der Waals surface area (Å²) in [5, 5.41) is 2.73. The Hall–Kier alpha value is -2.38. The summed E-state index contributed by atoms with van der Waals surface area (Å²) in [6.45, 7) is 4.80. The van der Waals surface area contributed by atoms with Crippen molar-refractivity contribution in [2.75, 3.05) is 25.0 Å². The van der Waals surface area contributed by atoms with Crippen molar-refractivity contribution in [3.05, 3.63) is 53.6 Å². The van der Waals surface area contributed by atoms with Gasteiger partial charge in [0.1, 0.15) is 5.75 Å². The third-order valence-electron chi connectivity index (χ3n) is 5.08. The number of nitrogens with one attached hydrogen (secondary N) is 1. The van der Waals surface area contributed by atoms with Crippen LogP contribution in [0.4, 0.5) is 5.69 Å². The number of amides is 1. The minimum atomic E-state index is -3.56. The molecule has 0 spiro atoms. The molecule has 1 heterocycles. The molecule has 6 nitrogen and oxygen atoms in total. The quantitative estimate of drug-likeness (QED) is 0.775. The normalized spacial score (nSPS) is 15.5. The van der Waals surface area contributed by atoms with Crippen molar-refractivity contribution in [3.63, 3.8) is 0 Å². The Bertz CT molecular complexity index is 944. The van der Waals surface area contributed by atoms with Gasteiger partial charge in [-0.2, -0.15) is 4.31 Å². The molecule has 1 aliphatic rings. The summed E-state index contributed by atoms with van der Waals surface area (Å²) in [6, 6.07) is 12.2. The maximum atomic E-state index is 13.0. The minimum Gasteiger partial charge on any atom is -0.483 e. The summed E-state index contributed by atoms with van der Waals surface area (Å²) in [5.74, 6) is 0.358. The van der Waals surface area contributed by atoms with Crippen molar-refractivity contribution < 1.29 is 17.9 Å². The zero-order valence-electron chi connectivity index (χ0n) is 17.0. The summed E-state index contributed by atoms with van der Waals surface area (Å²) < 4.78 is 33.1. The summed E-state index contributed by atoms with van der Waals surface area (Å²) in [7, 11) is -3.56. The van der Waals surface area contributed by atoms with Gasteiger partial charge in [0.25, 0.3) is 5.91 Å². The average Bonchev–Trinajstić information content (AvgIpc) is 2.98. The molecular weight excluding hydrogens is 388 g/mol. The SMILES string of the molecule is Cc1cccc(C)c1OCC(=O)Nc1cccc(S(=O)(=O)N2CCCCCC2)c1. The lowest BCUT2D eigenvalue weighted by Crippen LogP contribution is -2.32. The van der Waals surface area contributed by atoms with Gasteiger partial charge in [0.05, 0.1) is 4.90 Å². The van der Waals surface area contributed by atoms with E-state index < -0.39 is 10.0 Å². The number of carbonyl (C=O) groups is 1. The van der Waals surface area contributed by atoms with Gasteiger partial charge in [-0.25, -0.2) is 8.42 Å². The smallest absolute Gasteiger partial charge is 0.262 e. The molecule has 1 N–H and O–H groups in total. The van der Waals surface area contributed by atoms with E-state index in [9.17, 15) is 13.2 Å². The molecule has 0 aliphatic carbocycles. The zero-order chi connectivity index (χ0) is 20.9. The van der Waals surface area contributed by atoms with Crippen LogP contribution in [0, 0.1) is 13.8 Å². The lowest BCUT2D eigenvalue weighted by atomic mass is 10.1. The largest absolute Gasteiger partial charge is 0.483 e. The summed E-state index contributed by atoms with van der Waals surface area (Å²) >= 11 is 0. The van der Waals surface area contributed by atoms with Crippen LogP contribution < -0.4 is 10.1 Å². The van der Waals surface area contributed by atoms with Crippen LogP contribution in [0.1, 0.15) is 36.8 Å². The van der Waals surface area contributed by atoms with Crippen LogP contribution in [0.25, 0.3) is 0 Å². The lowest BCUT2D eigenvalue weighted by Gasteiger charge is -2.20. The van der Waals surface area contributed by atoms with Crippen molar-refractivity contribution in [2.24, 2.45) is 0 Å². The summed E-state index contributed by atoms with van der Waals surface area (Å²) in [4.78, 5) is 12.5. The van der Waals surface area contributed by atoms with Gasteiger partial charge in [-0.05, 0) is 56.0 Å². The number of carbonyl (C=O) groups excluding carboxylic acids is 1. The molecule has 29 heavy (non-hydrogen) atoms. The minimum absolute atomic E-state index is 0.144. The predicted octanol–water partition coefficient (Wildman–Crippen LogP) is 3.89. The fraction of sp³-hybridized carbons (Fsp3) is 0.409. The van der Waals surface area contributed by atoms with Gasteiger partial charge in [-0.1, -0.05) is 37.1 Å². The van der Waals surface area contributed by atoms with Gasteiger partial charge >= 0.3 is 0 Å². The number of benzene rings is 2. The first-order valence-corrected chi connectivity index (χ1v) is 11.4. The molecule has 2 aromatic rings. The van der Waals surface area contributed by atoms with Crippen LogP contribution in [-0.4, -0.2) is 38.3 Å². The highest BCUT2D eigenvalue weighted by molar-refractivity contribution is 7.89. The second kappa shape index (κ2) is 9.41. The molecule has 0 saturated carbocycles. The topological polar surface area (TPSA) is 75.7 Å². The molecule has 1 amide bonds. The number of ether oxygens (including phenoxy) is 1. The Morgan fingerprint density at radius 3 is 2.28 bits per heavy atom. The van der Waals surface area contributed by atoms with Crippen molar-refractivity contribution in [1.82, 2.24) is 4.31 Å². The molecule has 0 radical (unpaired) electrons. The van der Waals surface area contributed by atoms with E-state index in [2.05, 4.69) is 5.32 Å². The predicted molar refractivity (Wildman–Crippen MR) is 114 cm³/mol. The van der Waals surface area contributed by atoms with Gasteiger partial charge in [0.15, 0.2) is 6.61 Å². The van der Waals surface area contributed by atoms with Crippen LogP contribution in [0.15, 0.2) is 47.4 Å². The second-order valence-electron chi connectivity index (χ2n) is 7.40. The standard InChI is InChI=1S/C22H28N2O4S/c1-17-9-7-10-18(2)22(17)28-16-21(25)23-19-11-8-12-20(15-19)29(26,27)24-13-5-3-4-6-14-24/h7-12,15H,3-6,13-14,16H2,1-2H3,(H,23,25). The molecule has 156 valence electrons. The maximum absolute atomic E-state index is 13.0. The van der Waals surface area contributed by atoms with Crippen LogP contribution in [0.3, 0.4) is 0 Å². The number of sulfonamides is 1. The first kappa shape index (κ1) is 21.3. The van der Waals surface area contributed by atoms with E-state index >= 15 is 0 Å². The summed E-state index contributed by atoms with van der Waals surface area (Å²) in [5.41, 5.74) is 2.36. The van der Waals surface area contributed by atoms with E-state index in [4.69, 9.17) is 4.74 Å².